The first-order valence-corrected chi connectivity index (χ1v) is 12.6. The average molecular weight is 483 g/mol. The van der Waals surface area contributed by atoms with Crippen molar-refractivity contribution in [3.05, 3.63) is 57.9 Å². The zero-order valence-electron chi connectivity index (χ0n) is 16.3. The number of aromatic nitrogens is 1. The van der Waals surface area contributed by atoms with Crippen LogP contribution in [0.15, 0.2) is 35.7 Å². The number of thiophene rings is 1. The van der Waals surface area contributed by atoms with Crippen molar-refractivity contribution >= 4 is 65.2 Å². The minimum absolute atomic E-state index is 0.222. The van der Waals surface area contributed by atoms with Gasteiger partial charge in [-0.05, 0) is 35.2 Å². The lowest BCUT2D eigenvalue weighted by Gasteiger charge is -2.02. The van der Waals surface area contributed by atoms with Crippen LogP contribution in [0.3, 0.4) is 0 Å². The number of fused-ring (bicyclic) bond motifs is 3. The number of hydrogen-bond acceptors (Lipinski definition) is 5. The van der Waals surface area contributed by atoms with E-state index in [0.29, 0.717) is 12.1 Å². The van der Waals surface area contributed by atoms with Crippen LogP contribution in [0.4, 0.5) is 8.78 Å². The van der Waals surface area contributed by atoms with Crippen molar-refractivity contribution < 1.29 is 31.1 Å². The van der Waals surface area contributed by atoms with Gasteiger partial charge in [0, 0.05) is 23.9 Å². The van der Waals surface area contributed by atoms with Crippen LogP contribution in [-0.2, 0) is 16.7 Å². The monoisotopic (exact) mass is 482 g/mol. The number of aryl methyl sites for hydroxylation is 1. The summed E-state index contributed by atoms with van der Waals surface area (Å²) in [5, 5.41) is 3.72. The van der Waals surface area contributed by atoms with E-state index in [1.54, 1.807) is 30.6 Å². The largest absolute Gasteiger partial charge is 0.496 e. The number of halogens is 2. The van der Waals surface area contributed by atoms with Gasteiger partial charge in [0.15, 0.2) is 18.2 Å². The van der Waals surface area contributed by atoms with E-state index in [-0.39, 0.29) is 12.2 Å². The molecule has 10 heteroatoms. The summed E-state index contributed by atoms with van der Waals surface area (Å²) in [4.78, 5) is 0. The molecule has 0 radical (unpaired) electrons. The Kier molecular flexibility index (Phi) is 6.07. The van der Waals surface area contributed by atoms with E-state index < -0.39 is 21.8 Å². The third kappa shape index (κ3) is 4.62. The predicted molar refractivity (Wildman–Crippen MR) is 120 cm³/mol. The molecule has 0 aliphatic heterocycles. The number of benzene rings is 2. The van der Waals surface area contributed by atoms with Crippen LogP contribution in [0.1, 0.15) is 17.0 Å². The summed E-state index contributed by atoms with van der Waals surface area (Å²) in [7, 11) is -2.47. The van der Waals surface area contributed by atoms with Gasteiger partial charge in [-0.1, -0.05) is 17.4 Å². The maximum Gasteiger partial charge on any atom is 0.265 e. The highest BCUT2D eigenvalue weighted by atomic mass is 32.2. The smallest absolute Gasteiger partial charge is 0.265 e. The molecule has 0 unspecified atom stereocenters. The lowest BCUT2D eigenvalue weighted by molar-refractivity contribution is -0.667. The minimum Gasteiger partial charge on any atom is -0.496 e. The zero-order valence-corrected chi connectivity index (χ0v) is 18.8. The van der Waals surface area contributed by atoms with Crippen LogP contribution < -0.4 is 9.30 Å². The first kappa shape index (κ1) is 21.8. The predicted octanol–water partition coefficient (Wildman–Crippen LogP) is 5.14. The van der Waals surface area contributed by atoms with Crippen LogP contribution in [0.25, 0.3) is 32.5 Å². The quantitative estimate of drug-likeness (QED) is 0.293. The summed E-state index contributed by atoms with van der Waals surface area (Å²) < 4.78 is 67.7. The second-order valence-corrected chi connectivity index (χ2v) is 10.4. The molecule has 4 aromatic rings. The van der Waals surface area contributed by atoms with E-state index in [4.69, 9.17) is 9.29 Å². The lowest BCUT2D eigenvalue weighted by Crippen LogP contribution is -2.36. The number of nitrogens with zero attached hydrogens (tertiary/aromatic N) is 1. The summed E-state index contributed by atoms with van der Waals surface area (Å²) in [6.45, 7) is 0.358. The van der Waals surface area contributed by atoms with E-state index in [0.717, 1.165) is 43.2 Å². The van der Waals surface area contributed by atoms with Crippen molar-refractivity contribution in [2.24, 2.45) is 0 Å². The number of rotatable bonds is 7. The topological polar surface area (TPSA) is 67.5 Å². The van der Waals surface area contributed by atoms with Gasteiger partial charge in [-0.15, -0.1) is 11.3 Å². The van der Waals surface area contributed by atoms with Crippen molar-refractivity contribution in [3.8, 4) is 5.75 Å². The Morgan fingerprint density at radius 1 is 1.16 bits per heavy atom. The molecule has 0 aliphatic carbocycles. The number of thiazole rings is 1. The van der Waals surface area contributed by atoms with Crippen LogP contribution in [-0.4, -0.2) is 25.8 Å². The molecule has 0 amide bonds. The van der Waals surface area contributed by atoms with E-state index in [9.17, 15) is 17.2 Å². The third-order valence-electron chi connectivity index (χ3n) is 4.76. The fourth-order valence-corrected chi connectivity index (χ4v) is 6.03. The molecule has 0 saturated heterocycles. The molecule has 2 heterocycles. The zero-order chi connectivity index (χ0) is 22.2. The number of methoxy groups -OCH3 is 1. The molecular weight excluding hydrogens is 464 g/mol. The van der Waals surface area contributed by atoms with Gasteiger partial charge in [0.2, 0.25) is 5.52 Å². The highest BCUT2D eigenvalue weighted by molar-refractivity contribution is 7.85. The summed E-state index contributed by atoms with van der Waals surface area (Å²) in [5.41, 5.74) is 1.44. The van der Waals surface area contributed by atoms with Gasteiger partial charge in [0.25, 0.3) is 15.1 Å². The first-order valence-electron chi connectivity index (χ1n) is 9.25. The molecule has 0 fully saturated rings. The molecule has 0 atom stereocenters. The van der Waals surface area contributed by atoms with Gasteiger partial charge in [-0.2, -0.15) is 13.0 Å². The molecule has 2 aromatic heterocycles. The van der Waals surface area contributed by atoms with Crippen molar-refractivity contribution in [1.82, 2.24) is 0 Å². The van der Waals surface area contributed by atoms with Crippen molar-refractivity contribution in [1.29, 1.82) is 0 Å². The molecule has 31 heavy (non-hydrogen) atoms. The number of hydrogen-bond donors (Lipinski definition) is 1. The van der Waals surface area contributed by atoms with E-state index in [2.05, 4.69) is 0 Å². The summed E-state index contributed by atoms with van der Waals surface area (Å²) >= 11 is 3.03. The molecule has 0 spiro atoms. The maximum absolute atomic E-state index is 13.5. The normalized spacial score (nSPS) is 12.4. The molecule has 0 bridgehead atoms. The first-order chi connectivity index (χ1) is 14.8. The summed E-state index contributed by atoms with van der Waals surface area (Å²) in [6.07, 6.45) is 3.69. The number of ether oxygens (including phenoxy) is 1. The highest BCUT2D eigenvalue weighted by Crippen LogP contribution is 2.38. The van der Waals surface area contributed by atoms with Crippen molar-refractivity contribution in [2.45, 2.75) is 13.0 Å². The Morgan fingerprint density at radius 3 is 2.68 bits per heavy atom. The molecule has 2 aromatic carbocycles. The van der Waals surface area contributed by atoms with Gasteiger partial charge < -0.3 is 4.74 Å². The molecular formula is C21H18F2NO4S3+. The summed E-state index contributed by atoms with van der Waals surface area (Å²) in [5.74, 6) is -1.45. The Labute approximate surface area is 185 Å². The maximum atomic E-state index is 13.5. The second-order valence-electron chi connectivity index (χ2n) is 6.83. The van der Waals surface area contributed by atoms with E-state index in [1.807, 2.05) is 22.1 Å². The molecule has 1 N–H and O–H groups in total. The van der Waals surface area contributed by atoms with Gasteiger partial charge in [-0.25, -0.2) is 8.78 Å². The lowest BCUT2D eigenvalue weighted by atomic mass is 10.2. The van der Waals surface area contributed by atoms with Crippen LogP contribution in [0.5, 0.6) is 5.75 Å². The highest BCUT2D eigenvalue weighted by Gasteiger charge is 2.24. The Bertz CT molecular complexity index is 1410. The third-order valence-corrected chi connectivity index (χ3v) is 7.58. The second kappa shape index (κ2) is 8.62. The fraction of sp³-hybridized carbons (Fsp3) is 0.190. The molecule has 4 rings (SSSR count). The Balaban J connectivity index is 1.83. The molecule has 162 valence electrons. The molecule has 5 nitrogen and oxygen atoms in total. The molecule has 0 saturated carbocycles. The van der Waals surface area contributed by atoms with Crippen LogP contribution in [0, 0.1) is 11.6 Å². The van der Waals surface area contributed by atoms with E-state index in [1.165, 1.54) is 17.4 Å². The average Bonchev–Trinajstić information content (AvgIpc) is 3.32. The fourth-order valence-electron chi connectivity index (χ4n) is 3.38. The Morgan fingerprint density at radius 2 is 1.97 bits per heavy atom. The van der Waals surface area contributed by atoms with Crippen molar-refractivity contribution in [2.75, 3.05) is 12.9 Å². The van der Waals surface area contributed by atoms with Gasteiger partial charge in [0.1, 0.15) is 15.1 Å². The summed E-state index contributed by atoms with van der Waals surface area (Å²) in [6, 6.07) is 7.56. The van der Waals surface area contributed by atoms with Crippen LogP contribution in [0.2, 0.25) is 0 Å². The molecule has 0 aliphatic rings. The minimum atomic E-state index is -4.07. The van der Waals surface area contributed by atoms with Crippen LogP contribution >= 0.6 is 22.7 Å². The van der Waals surface area contributed by atoms with Gasteiger partial charge in [0.05, 0.1) is 12.9 Å². The standard InChI is InChI=1S/C21H17F2NO4S3/c1-28-17-12-18-20(21-14(17)7-9-29-21)24(8-2-10-31(25,26)27)19(30-18)6-4-13-3-5-15(22)16(23)11-13/h3-7,9,11-12H,2,8,10H2,1H3/p+1/b6-4+. The van der Waals surface area contributed by atoms with Crippen molar-refractivity contribution in [3.63, 3.8) is 0 Å². The SMILES string of the molecule is COc1cc2sc(/C=C/c3ccc(F)c(F)c3)[n+](CCCS(=O)(=O)O)c2c2sccc12. The Hall–Kier alpha value is -2.40. The van der Waals surface area contributed by atoms with Gasteiger partial charge >= 0.3 is 0 Å². The van der Waals surface area contributed by atoms with Gasteiger partial charge in [-0.3, -0.25) is 4.55 Å². The van der Waals surface area contributed by atoms with E-state index >= 15 is 0 Å².